The van der Waals surface area contributed by atoms with E-state index in [-0.39, 0.29) is 6.17 Å². The highest BCUT2D eigenvalue weighted by Gasteiger charge is 2.15. The third-order valence-corrected chi connectivity index (χ3v) is 3.18. The van der Waals surface area contributed by atoms with Crippen molar-refractivity contribution in [2.24, 2.45) is 5.73 Å². The van der Waals surface area contributed by atoms with Gasteiger partial charge in [0.2, 0.25) is 0 Å². The van der Waals surface area contributed by atoms with Crippen LogP contribution in [-0.4, -0.2) is 6.04 Å². The molecule has 2 rings (SSSR count). The van der Waals surface area contributed by atoms with Crippen molar-refractivity contribution in [3.05, 3.63) is 35.9 Å². The van der Waals surface area contributed by atoms with Crippen LogP contribution in [0, 0.1) is 0 Å². The number of nitrogens with one attached hydrogen (secondary N) is 1. The van der Waals surface area contributed by atoms with Gasteiger partial charge in [0.25, 0.3) is 0 Å². The molecule has 0 heterocycles. The second kappa shape index (κ2) is 5.29. The monoisotopic (exact) mass is 204 g/mol. The third kappa shape index (κ3) is 3.05. The molecule has 1 aromatic rings. The van der Waals surface area contributed by atoms with E-state index in [9.17, 15) is 0 Å². The molecule has 2 heteroatoms. The van der Waals surface area contributed by atoms with Gasteiger partial charge in [-0.3, -0.25) is 5.32 Å². The minimum absolute atomic E-state index is 0.00528. The summed E-state index contributed by atoms with van der Waals surface area (Å²) in [6, 6.07) is 10.9. The molecule has 3 N–H and O–H groups in total. The van der Waals surface area contributed by atoms with E-state index >= 15 is 0 Å². The molecule has 1 fully saturated rings. The van der Waals surface area contributed by atoms with Crippen molar-refractivity contribution < 1.29 is 0 Å². The quantitative estimate of drug-likeness (QED) is 0.743. The molecule has 0 radical (unpaired) electrons. The topological polar surface area (TPSA) is 38.0 Å². The molecule has 1 unspecified atom stereocenters. The van der Waals surface area contributed by atoms with Crippen LogP contribution in [0.1, 0.15) is 43.8 Å². The average Bonchev–Trinajstić information content (AvgIpc) is 2.31. The van der Waals surface area contributed by atoms with Crippen molar-refractivity contribution >= 4 is 0 Å². The second-order valence-corrected chi connectivity index (χ2v) is 4.39. The molecule has 0 amide bonds. The number of rotatable bonds is 3. The molecular weight excluding hydrogens is 184 g/mol. The summed E-state index contributed by atoms with van der Waals surface area (Å²) in [4.78, 5) is 0. The normalized spacial score (nSPS) is 20.1. The van der Waals surface area contributed by atoms with Crippen LogP contribution in [0.2, 0.25) is 0 Å². The molecular formula is C13H20N2. The molecule has 1 atom stereocenters. The van der Waals surface area contributed by atoms with Gasteiger partial charge < -0.3 is 5.73 Å². The minimum Gasteiger partial charge on any atom is -0.312 e. The fraction of sp³-hybridized carbons (Fsp3) is 0.538. The summed E-state index contributed by atoms with van der Waals surface area (Å²) in [5.41, 5.74) is 7.30. The SMILES string of the molecule is NC(NC1CCCCC1)c1ccccc1. The summed E-state index contributed by atoms with van der Waals surface area (Å²) in [5.74, 6) is 0. The van der Waals surface area contributed by atoms with Crippen LogP contribution in [0.5, 0.6) is 0 Å². The summed E-state index contributed by atoms with van der Waals surface area (Å²) >= 11 is 0. The second-order valence-electron chi connectivity index (χ2n) is 4.39. The molecule has 1 aliphatic rings. The van der Waals surface area contributed by atoms with E-state index < -0.39 is 0 Å². The molecule has 1 aliphatic carbocycles. The first-order valence-electron chi connectivity index (χ1n) is 5.93. The van der Waals surface area contributed by atoms with Crippen molar-refractivity contribution in [1.82, 2.24) is 5.32 Å². The van der Waals surface area contributed by atoms with Crippen LogP contribution in [0.3, 0.4) is 0 Å². The zero-order chi connectivity index (χ0) is 10.5. The van der Waals surface area contributed by atoms with Gasteiger partial charge in [-0.25, -0.2) is 0 Å². The van der Waals surface area contributed by atoms with Gasteiger partial charge in [-0.15, -0.1) is 0 Å². The first-order valence-corrected chi connectivity index (χ1v) is 5.93. The van der Waals surface area contributed by atoms with Crippen molar-refractivity contribution in [3.8, 4) is 0 Å². The van der Waals surface area contributed by atoms with Crippen molar-refractivity contribution in [2.75, 3.05) is 0 Å². The van der Waals surface area contributed by atoms with E-state index in [2.05, 4.69) is 17.4 Å². The Hall–Kier alpha value is -0.860. The van der Waals surface area contributed by atoms with Crippen molar-refractivity contribution in [2.45, 2.75) is 44.3 Å². The Bertz CT molecular complexity index is 278. The minimum atomic E-state index is -0.00528. The van der Waals surface area contributed by atoms with Gasteiger partial charge in [0.15, 0.2) is 0 Å². The van der Waals surface area contributed by atoms with Crippen LogP contribution in [0.15, 0.2) is 30.3 Å². The predicted molar refractivity (Wildman–Crippen MR) is 63.4 cm³/mol. The summed E-state index contributed by atoms with van der Waals surface area (Å²) < 4.78 is 0. The highest BCUT2D eigenvalue weighted by molar-refractivity contribution is 5.17. The highest BCUT2D eigenvalue weighted by Crippen LogP contribution is 2.19. The lowest BCUT2D eigenvalue weighted by Crippen LogP contribution is -2.38. The predicted octanol–water partition coefficient (Wildman–Crippen LogP) is 2.57. The van der Waals surface area contributed by atoms with Crippen LogP contribution in [0.25, 0.3) is 0 Å². The number of hydrogen-bond donors (Lipinski definition) is 2. The molecule has 1 aromatic carbocycles. The maximum absolute atomic E-state index is 6.11. The van der Waals surface area contributed by atoms with Crippen LogP contribution < -0.4 is 11.1 Å². The van der Waals surface area contributed by atoms with Crippen molar-refractivity contribution in [3.63, 3.8) is 0 Å². The lowest BCUT2D eigenvalue weighted by atomic mass is 9.95. The third-order valence-electron chi connectivity index (χ3n) is 3.18. The molecule has 1 saturated carbocycles. The lowest BCUT2D eigenvalue weighted by Gasteiger charge is -2.26. The Morgan fingerprint density at radius 1 is 1.07 bits per heavy atom. The molecule has 0 aliphatic heterocycles. The fourth-order valence-electron chi connectivity index (χ4n) is 2.28. The Labute approximate surface area is 91.9 Å². The van der Waals surface area contributed by atoms with E-state index in [1.165, 1.54) is 37.7 Å². The molecule has 0 spiro atoms. The van der Waals surface area contributed by atoms with Gasteiger partial charge in [-0.05, 0) is 18.4 Å². The Balaban J connectivity index is 1.88. The van der Waals surface area contributed by atoms with Gasteiger partial charge in [0.1, 0.15) is 0 Å². The number of benzene rings is 1. The van der Waals surface area contributed by atoms with Gasteiger partial charge >= 0.3 is 0 Å². The van der Waals surface area contributed by atoms with Crippen molar-refractivity contribution in [1.29, 1.82) is 0 Å². The highest BCUT2D eigenvalue weighted by atomic mass is 15.0. The lowest BCUT2D eigenvalue weighted by molar-refractivity contribution is 0.341. The van der Waals surface area contributed by atoms with E-state index in [1.807, 2.05) is 18.2 Å². The molecule has 0 bridgehead atoms. The standard InChI is InChI=1S/C13H20N2/c14-13(11-7-3-1-4-8-11)15-12-9-5-2-6-10-12/h1,3-4,7-8,12-13,15H,2,5-6,9-10,14H2. The summed E-state index contributed by atoms with van der Waals surface area (Å²) in [6.07, 6.45) is 6.63. The maximum atomic E-state index is 6.11. The maximum Gasteiger partial charge on any atom is 0.0812 e. The molecule has 0 aromatic heterocycles. The molecule has 2 nitrogen and oxygen atoms in total. The van der Waals surface area contributed by atoms with Crippen LogP contribution in [0.4, 0.5) is 0 Å². The zero-order valence-corrected chi connectivity index (χ0v) is 9.15. The van der Waals surface area contributed by atoms with Gasteiger partial charge in [0, 0.05) is 6.04 Å². The van der Waals surface area contributed by atoms with Crippen LogP contribution >= 0.6 is 0 Å². The van der Waals surface area contributed by atoms with E-state index in [0.717, 1.165) is 0 Å². The number of hydrogen-bond acceptors (Lipinski definition) is 2. The zero-order valence-electron chi connectivity index (χ0n) is 9.15. The number of nitrogens with two attached hydrogens (primary N) is 1. The Morgan fingerprint density at radius 3 is 2.40 bits per heavy atom. The molecule has 15 heavy (non-hydrogen) atoms. The van der Waals surface area contributed by atoms with E-state index in [1.54, 1.807) is 0 Å². The molecule has 82 valence electrons. The summed E-state index contributed by atoms with van der Waals surface area (Å²) in [6.45, 7) is 0. The molecule has 0 saturated heterocycles. The first-order chi connectivity index (χ1) is 7.36. The largest absolute Gasteiger partial charge is 0.312 e. The van der Waals surface area contributed by atoms with E-state index in [4.69, 9.17) is 5.73 Å². The van der Waals surface area contributed by atoms with Gasteiger partial charge in [-0.1, -0.05) is 49.6 Å². The smallest absolute Gasteiger partial charge is 0.0812 e. The van der Waals surface area contributed by atoms with Gasteiger partial charge in [0.05, 0.1) is 6.17 Å². The first kappa shape index (κ1) is 10.7. The Kier molecular flexibility index (Phi) is 3.75. The Morgan fingerprint density at radius 2 is 1.73 bits per heavy atom. The van der Waals surface area contributed by atoms with E-state index in [0.29, 0.717) is 6.04 Å². The average molecular weight is 204 g/mol. The summed E-state index contributed by atoms with van der Waals surface area (Å²) in [7, 11) is 0. The fourth-order valence-corrected chi connectivity index (χ4v) is 2.28. The van der Waals surface area contributed by atoms with Crippen LogP contribution in [-0.2, 0) is 0 Å². The summed E-state index contributed by atoms with van der Waals surface area (Å²) in [5, 5.41) is 3.51. The van der Waals surface area contributed by atoms with Gasteiger partial charge in [-0.2, -0.15) is 0 Å².